The molecule has 28 heavy (non-hydrogen) atoms. The van der Waals surface area contributed by atoms with Crippen LogP contribution >= 0.6 is 0 Å². The molecule has 2 aromatic carbocycles. The van der Waals surface area contributed by atoms with Gasteiger partial charge in [-0.25, -0.2) is 0 Å². The van der Waals surface area contributed by atoms with Crippen LogP contribution in [-0.4, -0.2) is 46.6 Å². The molecular weight excluding hydrogens is 348 g/mol. The lowest BCUT2D eigenvalue weighted by Gasteiger charge is -2.40. The summed E-state index contributed by atoms with van der Waals surface area (Å²) in [6.07, 6.45) is 1.35. The number of nitrogens with zero attached hydrogens (tertiary/aromatic N) is 2. The summed E-state index contributed by atoms with van der Waals surface area (Å²) in [5.41, 5.74) is 2.28. The van der Waals surface area contributed by atoms with Gasteiger partial charge < -0.3 is 10.0 Å². The molecule has 1 saturated heterocycles. The van der Waals surface area contributed by atoms with Crippen molar-refractivity contribution in [2.45, 2.75) is 51.3 Å². The fourth-order valence-electron chi connectivity index (χ4n) is 3.99. The minimum atomic E-state index is -1.31. The van der Waals surface area contributed by atoms with Crippen molar-refractivity contribution in [2.24, 2.45) is 0 Å². The lowest BCUT2D eigenvalue weighted by molar-refractivity contribution is -0.160. The SMILES string of the molecule is CC(C)c1ccc(CN2CCCC(O)(CN(C)Cc3ccccc3)C2=O)cc1. The minimum Gasteiger partial charge on any atom is -0.379 e. The van der Waals surface area contributed by atoms with Crippen LogP contribution in [0, 0.1) is 0 Å². The number of hydrogen-bond donors (Lipinski definition) is 1. The first kappa shape index (κ1) is 20.6. The van der Waals surface area contributed by atoms with Crippen molar-refractivity contribution < 1.29 is 9.90 Å². The van der Waals surface area contributed by atoms with Crippen molar-refractivity contribution >= 4 is 5.91 Å². The van der Waals surface area contributed by atoms with E-state index in [-0.39, 0.29) is 5.91 Å². The summed E-state index contributed by atoms with van der Waals surface area (Å²) >= 11 is 0. The summed E-state index contributed by atoms with van der Waals surface area (Å²) in [5, 5.41) is 11.1. The molecule has 0 aliphatic carbocycles. The molecule has 1 unspecified atom stereocenters. The van der Waals surface area contributed by atoms with Gasteiger partial charge in [0.15, 0.2) is 5.60 Å². The second-order valence-corrected chi connectivity index (χ2v) is 8.42. The number of rotatable bonds is 7. The zero-order valence-corrected chi connectivity index (χ0v) is 17.3. The molecule has 150 valence electrons. The van der Waals surface area contributed by atoms with Gasteiger partial charge in [0, 0.05) is 26.2 Å². The zero-order valence-electron chi connectivity index (χ0n) is 17.3. The van der Waals surface area contributed by atoms with E-state index in [2.05, 4.69) is 50.2 Å². The summed E-state index contributed by atoms with van der Waals surface area (Å²) in [7, 11) is 1.96. The second kappa shape index (κ2) is 8.89. The summed E-state index contributed by atoms with van der Waals surface area (Å²) in [4.78, 5) is 16.9. The highest BCUT2D eigenvalue weighted by Crippen LogP contribution is 2.26. The maximum atomic E-state index is 13.1. The van der Waals surface area contributed by atoms with E-state index in [1.54, 1.807) is 0 Å². The van der Waals surface area contributed by atoms with Crippen molar-refractivity contribution in [3.8, 4) is 0 Å². The van der Waals surface area contributed by atoms with Gasteiger partial charge in [0.1, 0.15) is 0 Å². The van der Waals surface area contributed by atoms with Crippen LogP contribution in [-0.2, 0) is 17.9 Å². The molecule has 0 spiro atoms. The second-order valence-electron chi connectivity index (χ2n) is 8.42. The van der Waals surface area contributed by atoms with Gasteiger partial charge in [-0.05, 0) is 42.5 Å². The number of carbonyl (C=O) groups excluding carboxylic acids is 1. The van der Waals surface area contributed by atoms with E-state index in [0.717, 1.165) is 12.0 Å². The predicted octanol–water partition coefficient (Wildman–Crippen LogP) is 3.80. The standard InChI is InChI=1S/C24H32N2O2/c1-19(2)22-12-10-21(11-13-22)17-26-15-7-14-24(28,23(26)27)18-25(3)16-20-8-5-4-6-9-20/h4-6,8-13,19,28H,7,14-18H2,1-3H3. The Morgan fingerprint density at radius 3 is 2.39 bits per heavy atom. The van der Waals surface area contributed by atoms with Crippen LogP contribution in [0.15, 0.2) is 54.6 Å². The molecule has 2 aromatic rings. The van der Waals surface area contributed by atoms with E-state index in [1.807, 2.05) is 35.0 Å². The van der Waals surface area contributed by atoms with E-state index in [4.69, 9.17) is 0 Å². The van der Waals surface area contributed by atoms with Crippen LogP contribution in [0.4, 0.5) is 0 Å². The van der Waals surface area contributed by atoms with Gasteiger partial charge >= 0.3 is 0 Å². The van der Waals surface area contributed by atoms with Gasteiger partial charge in [0.05, 0.1) is 0 Å². The molecule has 3 rings (SSSR count). The number of amides is 1. The van der Waals surface area contributed by atoms with Crippen molar-refractivity contribution in [3.63, 3.8) is 0 Å². The van der Waals surface area contributed by atoms with Crippen molar-refractivity contribution in [2.75, 3.05) is 20.1 Å². The number of aliphatic hydroxyl groups is 1. The molecule has 4 nitrogen and oxygen atoms in total. The molecule has 1 atom stereocenters. The largest absolute Gasteiger partial charge is 0.379 e. The van der Waals surface area contributed by atoms with E-state index in [0.29, 0.717) is 38.5 Å². The molecule has 0 radical (unpaired) electrons. The molecule has 0 aromatic heterocycles. The van der Waals surface area contributed by atoms with Crippen LogP contribution in [0.2, 0.25) is 0 Å². The number of likely N-dealkylation sites (tertiary alicyclic amines) is 1. The van der Waals surface area contributed by atoms with Crippen molar-refractivity contribution in [3.05, 3.63) is 71.3 Å². The molecule has 1 heterocycles. The smallest absolute Gasteiger partial charge is 0.256 e. The average molecular weight is 381 g/mol. The first-order valence-electron chi connectivity index (χ1n) is 10.2. The molecule has 4 heteroatoms. The Bertz CT molecular complexity index is 773. The van der Waals surface area contributed by atoms with E-state index in [1.165, 1.54) is 11.1 Å². The predicted molar refractivity (Wildman–Crippen MR) is 113 cm³/mol. The van der Waals surface area contributed by atoms with E-state index >= 15 is 0 Å². The lowest BCUT2D eigenvalue weighted by atomic mass is 9.90. The minimum absolute atomic E-state index is 0.147. The van der Waals surface area contributed by atoms with Gasteiger partial charge in [-0.2, -0.15) is 0 Å². The molecule has 0 bridgehead atoms. The Morgan fingerprint density at radius 1 is 1.07 bits per heavy atom. The molecule has 1 aliphatic heterocycles. The maximum Gasteiger partial charge on any atom is 0.256 e. The Balaban J connectivity index is 1.63. The Morgan fingerprint density at radius 2 is 1.75 bits per heavy atom. The number of carbonyl (C=O) groups is 1. The lowest BCUT2D eigenvalue weighted by Crippen LogP contribution is -2.57. The third kappa shape index (κ3) is 5.00. The third-order valence-electron chi connectivity index (χ3n) is 5.55. The van der Waals surface area contributed by atoms with E-state index in [9.17, 15) is 9.90 Å². The highest BCUT2D eigenvalue weighted by molar-refractivity contribution is 5.86. The first-order valence-corrected chi connectivity index (χ1v) is 10.2. The van der Waals surface area contributed by atoms with Gasteiger partial charge in [0.2, 0.25) is 0 Å². The van der Waals surface area contributed by atoms with Crippen LogP contribution in [0.5, 0.6) is 0 Å². The van der Waals surface area contributed by atoms with Crippen LogP contribution < -0.4 is 0 Å². The zero-order chi connectivity index (χ0) is 20.1. The summed E-state index contributed by atoms with van der Waals surface area (Å²) < 4.78 is 0. The van der Waals surface area contributed by atoms with Crippen molar-refractivity contribution in [1.29, 1.82) is 0 Å². The van der Waals surface area contributed by atoms with Crippen LogP contribution in [0.25, 0.3) is 0 Å². The summed E-state index contributed by atoms with van der Waals surface area (Å²) in [6, 6.07) is 18.6. The molecular formula is C24H32N2O2. The summed E-state index contributed by atoms with van der Waals surface area (Å²) in [6.45, 7) is 6.68. The maximum absolute atomic E-state index is 13.1. The topological polar surface area (TPSA) is 43.8 Å². The molecule has 1 amide bonds. The molecule has 1 N–H and O–H groups in total. The number of piperidine rings is 1. The average Bonchev–Trinajstić information content (AvgIpc) is 2.66. The number of likely N-dealkylation sites (N-methyl/N-ethyl adjacent to an activating group) is 1. The quantitative estimate of drug-likeness (QED) is 0.795. The monoisotopic (exact) mass is 380 g/mol. The van der Waals surface area contributed by atoms with Gasteiger partial charge in [-0.1, -0.05) is 68.4 Å². The normalized spacial score (nSPS) is 20.2. The fourth-order valence-corrected chi connectivity index (χ4v) is 3.99. The fraction of sp³-hybridized carbons (Fsp3) is 0.458. The summed E-state index contributed by atoms with van der Waals surface area (Å²) in [5.74, 6) is 0.350. The molecule has 0 saturated carbocycles. The van der Waals surface area contributed by atoms with Crippen LogP contribution in [0.1, 0.15) is 49.3 Å². The number of hydrogen-bond acceptors (Lipinski definition) is 3. The molecule has 1 fully saturated rings. The van der Waals surface area contributed by atoms with Gasteiger partial charge in [0.25, 0.3) is 5.91 Å². The van der Waals surface area contributed by atoms with Gasteiger partial charge in [-0.3, -0.25) is 9.69 Å². The van der Waals surface area contributed by atoms with E-state index < -0.39 is 5.60 Å². The molecule has 1 aliphatic rings. The van der Waals surface area contributed by atoms with Crippen molar-refractivity contribution in [1.82, 2.24) is 9.80 Å². The number of benzene rings is 2. The highest BCUT2D eigenvalue weighted by Gasteiger charge is 2.42. The van der Waals surface area contributed by atoms with Crippen LogP contribution in [0.3, 0.4) is 0 Å². The Hall–Kier alpha value is -2.17. The third-order valence-corrected chi connectivity index (χ3v) is 5.55. The highest BCUT2D eigenvalue weighted by atomic mass is 16.3. The Labute approximate surface area is 168 Å². The van der Waals surface area contributed by atoms with Gasteiger partial charge in [-0.15, -0.1) is 0 Å². The first-order chi connectivity index (χ1) is 13.4. The Kier molecular flexibility index (Phi) is 6.53.